The van der Waals surface area contributed by atoms with Crippen molar-refractivity contribution in [3.05, 3.63) is 71.7 Å². The molecule has 0 aliphatic carbocycles. The van der Waals surface area contributed by atoms with E-state index in [-0.39, 0.29) is 37.3 Å². The Morgan fingerprint density at radius 3 is 2.53 bits per heavy atom. The zero-order valence-corrected chi connectivity index (χ0v) is 20.9. The number of aromatic nitrogens is 2. The molecule has 0 bridgehead atoms. The molecule has 1 aromatic carbocycles. The molecule has 3 N–H and O–H groups in total. The lowest BCUT2D eigenvalue weighted by molar-refractivity contribution is -0.123. The van der Waals surface area contributed by atoms with Crippen LogP contribution in [0.1, 0.15) is 47.9 Å². The summed E-state index contributed by atoms with van der Waals surface area (Å²) in [6.07, 6.45) is -1.01. The number of alkyl halides is 3. The van der Waals surface area contributed by atoms with E-state index in [1.54, 1.807) is 35.5 Å². The van der Waals surface area contributed by atoms with Crippen LogP contribution < -0.4 is 10.6 Å². The number of halogens is 3. The summed E-state index contributed by atoms with van der Waals surface area (Å²) in [5, 5.41) is 14.5. The Bertz CT molecular complexity index is 1320. The van der Waals surface area contributed by atoms with Gasteiger partial charge in [0.25, 0.3) is 5.91 Å². The third kappa shape index (κ3) is 6.10. The van der Waals surface area contributed by atoms with Crippen LogP contribution in [0.4, 0.5) is 18.0 Å². The predicted octanol–water partition coefficient (Wildman–Crippen LogP) is 4.46. The number of aliphatic hydroxyl groups is 1. The SMILES string of the molecule is CC(C)NC(=O)N1Cc2cc(C(=O)NCC(F)(F)F)nc(-c3cccc(-c4cccnc4)c3)c2C1CCO. The van der Waals surface area contributed by atoms with Gasteiger partial charge in [-0.25, -0.2) is 9.78 Å². The van der Waals surface area contributed by atoms with Crippen molar-refractivity contribution >= 4 is 11.9 Å². The molecule has 11 heteroatoms. The minimum Gasteiger partial charge on any atom is -0.396 e. The number of pyridine rings is 2. The van der Waals surface area contributed by atoms with Gasteiger partial charge < -0.3 is 20.6 Å². The van der Waals surface area contributed by atoms with E-state index >= 15 is 0 Å². The van der Waals surface area contributed by atoms with E-state index < -0.39 is 24.7 Å². The average Bonchev–Trinajstić information content (AvgIpc) is 3.25. The van der Waals surface area contributed by atoms with Crippen molar-refractivity contribution < 1.29 is 27.9 Å². The number of nitrogens with one attached hydrogen (secondary N) is 2. The minimum absolute atomic E-state index is 0.107. The number of benzene rings is 1. The Labute approximate surface area is 217 Å². The summed E-state index contributed by atoms with van der Waals surface area (Å²) in [7, 11) is 0. The first-order valence-electron chi connectivity index (χ1n) is 12.1. The van der Waals surface area contributed by atoms with Crippen LogP contribution in [0.5, 0.6) is 0 Å². The van der Waals surface area contributed by atoms with Gasteiger partial charge in [0.1, 0.15) is 12.2 Å². The molecule has 200 valence electrons. The van der Waals surface area contributed by atoms with E-state index in [0.29, 0.717) is 22.4 Å². The van der Waals surface area contributed by atoms with Crippen LogP contribution in [-0.4, -0.2) is 57.3 Å². The van der Waals surface area contributed by atoms with E-state index in [9.17, 15) is 27.9 Å². The minimum atomic E-state index is -4.58. The molecule has 1 aliphatic heterocycles. The van der Waals surface area contributed by atoms with Crippen LogP contribution in [-0.2, 0) is 6.54 Å². The Morgan fingerprint density at radius 1 is 1.13 bits per heavy atom. The summed E-state index contributed by atoms with van der Waals surface area (Å²) >= 11 is 0. The number of carbonyl (C=O) groups is 2. The fourth-order valence-corrected chi connectivity index (χ4v) is 4.51. The summed E-state index contributed by atoms with van der Waals surface area (Å²) < 4.78 is 38.3. The fraction of sp³-hybridized carbons (Fsp3) is 0.333. The van der Waals surface area contributed by atoms with E-state index in [1.165, 1.54) is 6.07 Å². The second-order valence-electron chi connectivity index (χ2n) is 9.31. The molecule has 1 unspecified atom stereocenters. The Kier molecular flexibility index (Phi) is 7.96. The number of hydrogen-bond donors (Lipinski definition) is 3. The van der Waals surface area contributed by atoms with Crippen molar-refractivity contribution in [1.82, 2.24) is 25.5 Å². The first-order valence-corrected chi connectivity index (χ1v) is 12.1. The maximum absolute atomic E-state index is 13.0. The zero-order valence-electron chi connectivity index (χ0n) is 20.9. The van der Waals surface area contributed by atoms with E-state index in [4.69, 9.17) is 0 Å². The van der Waals surface area contributed by atoms with Crippen molar-refractivity contribution in [2.45, 2.75) is 45.1 Å². The highest BCUT2D eigenvalue weighted by Crippen LogP contribution is 2.42. The molecule has 2 aromatic heterocycles. The first kappa shape index (κ1) is 27.1. The smallest absolute Gasteiger partial charge is 0.396 e. The highest BCUT2D eigenvalue weighted by molar-refractivity contribution is 5.94. The number of hydrogen-bond acceptors (Lipinski definition) is 5. The van der Waals surface area contributed by atoms with Gasteiger partial charge in [-0.2, -0.15) is 13.2 Å². The number of carbonyl (C=O) groups excluding carboxylic acids is 2. The highest BCUT2D eigenvalue weighted by Gasteiger charge is 2.37. The number of amides is 3. The fourth-order valence-electron chi connectivity index (χ4n) is 4.51. The van der Waals surface area contributed by atoms with Crippen LogP contribution in [0.2, 0.25) is 0 Å². The third-order valence-corrected chi connectivity index (χ3v) is 6.08. The number of urea groups is 1. The summed E-state index contributed by atoms with van der Waals surface area (Å²) in [4.78, 5) is 35.9. The maximum atomic E-state index is 13.0. The van der Waals surface area contributed by atoms with Crippen molar-refractivity contribution in [3.8, 4) is 22.4 Å². The number of rotatable bonds is 7. The van der Waals surface area contributed by atoms with Crippen molar-refractivity contribution in [2.24, 2.45) is 0 Å². The third-order valence-electron chi connectivity index (χ3n) is 6.08. The van der Waals surface area contributed by atoms with Gasteiger partial charge in [-0.1, -0.05) is 24.3 Å². The molecule has 3 amide bonds. The predicted molar refractivity (Wildman–Crippen MR) is 135 cm³/mol. The van der Waals surface area contributed by atoms with Gasteiger partial charge in [0.15, 0.2) is 0 Å². The lowest BCUT2D eigenvalue weighted by Crippen LogP contribution is -2.42. The van der Waals surface area contributed by atoms with Crippen LogP contribution in [0.15, 0.2) is 54.9 Å². The molecule has 1 aliphatic rings. The van der Waals surface area contributed by atoms with Gasteiger partial charge in [-0.05, 0) is 49.6 Å². The second-order valence-corrected chi connectivity index (χ2v) is 9.31. The van der Waals surface area contributed by atoms with Gasteiger partial charge in [-0.15, -0.1) is 0 Å². The molecular formula is C27H28F3N5O3. The quantitative estimate of drug-likeness (QED) is 0.421. The van der Waals surface area contributed by atoms with Crippen molar-refractivity contribution in [1.29, 1.82) is 0 Å². The molecule has 4 rings (SSSR count). The summed E-state index contributed by atoms with van der Waals surface area (Å²) in [6, 6.07) is 11.4. The molecule has 38 heavy (non-hydrogen) atoms. The average molecular weight is 528 g/mol. The lowest BCUT2D eigenvalue weighted by Gasteiger charge is -2.26. The van der Waals surface area contributed by atoms with Crippen molar-refractivity contribution in [2.75, 3.05) is 13.2 Å². The molecule has 0 fully saturated rings. The lowest BCUT2D eigenvalue weighted by atomic mass is 9.94. The van der Waals surface area contributed by atoms with E-state index in [2.05, 4.69) is 15.3 Å². The van der Waals surface area contributed by atoms with Gasteiger partial charge >= 0.3 is 12.2 Å². The highest BCUT2D eigenvalue weighted by atomic mass is 19.4. The zero-order chi connectivity index (χ0) is 27.4. The Hall–Kier alpha value is -3.99. The van der Waals surface area contributed by atoms with Gasteiger partial charge in [0.05, 0.1) is 11.7 Å². The largest absolute Gasteiger partial charge is 0.405 e. The summed E-state index contributed by atoms with van der Waals surface area (Å²) in [5.41, 5.74) is 3.68. The monoisotopic (exact) mass is 527 g/mol. The molecule has 1 atom stereocenters. The molecule has 0 spiro atoms. The molecule has 3 aromatic rings. The van der Waals surface area contributed by atoms with E-state index in [1.807, 2.05) is 37.4 Å². The molecule has 8 nitrogen and oxygen atoms in total. The summed E-state index contributed by atoms with van der Waals surface area (Å²) in [5.74, 6) is -0.974. The summed E-state index contributed by atoms with van der Waals surface area (Å²) in [6.45, 7) is 2.05. The molecule has 0 saturated heterocycles. The van der Waals surface area contributed by atoms with Crippen LogP contribution in [0, 0.1) is 0 Å². The van der Waals surface area contributed by atoms with Gasteiger partial charge in [-0.3, -0.25) is 9.78 Å². The second kappa shape index (κ2) is 11.2. The van der Waals surface area contributed by atoms with Crippen molar-refractivity contribution in [3.63, 3.8) is 0 Å². The standard InChI is InChI=1S/C27H28F3N5O3/c1-16(2)33-26(38)35-14-20-12-21(25(37)32-15-27(28,29)30)34-24(23(20)22(35)8-10-36)18-6-3-5-17(11-18)19-7-4-9-31-13-19/h3-7,9,11-13,16,22,36H,8,10,14-15H2,1-2H3,(H,32,37)(H,33,38). The Balaban J connectivity index is 1.84. The molecule has 3 heterocycles. The number of fused-ring (bicyclic) bond motifs is 1. The topological polar surface area (TPSA) is 107 Å². The van der Waals surface area contributed by atoms with Gasteiger partial charge in [0.2, 0.25) is 0 Å². The molecule has 0 radical (unpaired) electrons. The van der Waals surface area contributed by atoms with E-state index in [0.717, 1.165) is 11.1 Å². The van der Waals surface area contributed by atoms with Crippen LogP contribution in [0.25, 0.3) is 22.4 Å². The molecular weight excluding hydrogens is 499 g/mol. The Morgan fingerprint density at radius 2 is 1.87 bits per heavy atom. The van der Waals surface area contributed by atoms with Crippen LogP contribution >= 0.6 is 0 Å². The maximum Gasteiger partial charge on any atom is 0.405 e. The number of aliphatic hydroxyl groups excluding tert-OH is 1. The first-order chi connectivity index (χ1) is 18.1. The van der Waals surface area contributed by atoms with Crippen LogP contribution in [0.3, 0.4) is 0 Å². The van der Waals surface area contributed by atoms with Gasteiger partial charge in [0, 0.05) is 48.3 Å². The molecule has 0 saturated carbocycles. The normalized spacial score (nSPS) is 14.9. The number of nitrogens with zero attached hydrogens (tertiary/aromatic N) is 3.